The number of nitrogens with zero attached hydrogens (tertiary/aromatic N) is 2. The summed E-state index contributed by atoms with van der Waals surface area (Å²) >= 11 is 0. The average molecular weight is 172 g/mol. The number of rotatable bonds is 2. The molecule has 2 aromatic rings. The minimum atomic E-state index is 0.923. The van der Waals surface area contributed by atoms with E-state index in [4.69, 9.17) is 0 Å². The van der Waals surface area contributed by atoms with Crippen molar-refractivity contribution in [3.05, 3.63) is 42.7 Å². The summed E-state index contributed by atoms with van der Waals surface area (Å²) in [5.41, 5.74) is 2.41. The molecule has 0 atom stereocenters. The fourth-order valence-electron chi connectivity index (χ4n) is 1.32. The largest absolute Gasteiger partial charge is 0.272 e. The monoisotopic (exact) mass is 172 g/mol. The Bertz CT molecular complexity index is 376. The molecule has 0 N–H and O–H groups in total. The van der Waals surface area contributed by atoms with E-state index >= 15 is 0 Å². The first-order chi connectivity index (χ1) is 6.40. The van der Waals surface area contributed by atoms with Crippen LogP contribution in [0.2, 0.25) is 0 Å². The molecule has 0 aliphatic heterocycles. The number of hydrogen-bond donors (Lipinski definition) is 0. The van der Waals surface area contributed by atoms with Crippen molar-refractivity contribution in [2.45, 2.75) is 13.5 Å². The van der Waals surface area contributed by atoms with Gasteiger partial charge in [-0.15, -0.1) is 0 Å². The van der Waals surface area contributed by atoms with Crippen LogP contribution in [0.3, 0.4) is 0 Å². The Kier molecular flexibility index (Phi) is 2.13. The summed E-state index contributed by atoms with van der Waals surface area (Å²) in [6.45, 7) is 3.01. The molecule has 1 aromatic carbocycles. The van der Waals surface area contributed by atoms with E-state index in [2.05, 4.69) is 30.4 Å². The molecule has 0 bridgehead atoms. The van der Waals surface area contributed by atoms with Crippen molar-refractivity contribution in [3.8, 4) is 11.1 Å². The molecule has 0 fully saturated rings. The van der Waals surface area contributed by atoms with Gasteiger partial charge in [-0.1, -0.05) is 30.3 Å². The third-order valence-electron chi connectivity index (χ3n) is 2.06. The lowest BCUT2D eigenvalue weighted by Crippen LogP contribution is -1.91. The van der Waals surface area contributed by atoms with Crippen LogP contribution in [0.4, 0.5) is 0 Å². The molecule has 0 amide bonds. The zero-order chi connectivity index (χ0) is 9.10. The lowest BCUT2D eigenvalue weighted by Gasteiger charge is -1.94. The van der Waals surface area contributed by atoms with Gasteiger partial charge in [0.1, 0.15) is 0 Å². The topological polar surface area (TPSA) is 17.8 Å². The van der Waals surface area contributed by atoms with E-state index in [0.29, 0.717) is 0 Å². The van der Waals surface area contributed by atoms with Gasteiger partial charge >= 0.3 is 0 Å². The van der Waals surface area contributed by atoms with E-state index in [1.807, 2.05) is 29.1 Å². The van der Waals surface area contributed by atoms with Crippen LogP contribution in [0.15, 0.2) is 42.7 Å². The average Bonchev–Trinajstić information content (AvgIpc) is 2.67. The van der Waals surface area contributed by atoms with Crippen LogP contribution in [0.5, 0.6) is 0 Å². The summed E-state index contributed by atoms with van der Waals surface area (Å²) < 4.78 is 1.93. The fourth-order valence-corrected chi connectivity index (χ4v) is 1.32. The van der Waals surface area contributed by atoms with Crippen molar-refractivity contribution in [3.63, 3.8) is 0 Å². The lowest BCUT2D eigenvalue weighted by atomic mass is 10.1. The molecular formula is C11H12N2. The first-order valence-electron chi connectivity index (χ1n) is 4.48. The van der Waals surface area contributed by atoms with Crippen molar-refractivity contribution in [2.75, 3.05) is 0 Å². The SMILES string of the molecule is CCn1cc(-c2ccccc2)cn1. The summed E-state index contributed by atoms with van der Waals surface area (Å²) in [6.07, 6.45) is 3.97. The van der Waals surface area contributed by atoms with Crippen molar-refractivity contribution in [1.82, 2.24) is 9.78 Å². The van der Waals surface area contributed by atoms with Gasteiger partial charge in [0.15, 0.2) is 0 Å². The van der Waals surface area contributed by atoms with Gasteiger partial charge in [0.25, 0.3) is 0 Å². The Morgan fingerprint density at radius 1 is 1.15 bits per heavy atom. The molecule has 1 aromatic heterocycles. The maximum absolute atomic E-state index is 4.23. The third kappa shape index (κ3) is 1.61. The van der Waals surface area contributed by atoms with Gasteiger partial charge in [0.2, 0.25) is 0 Å². The van der Waals surface area contributed by atoms with E-state index < -0.39 is 0 Å². The van der Waals surface area contributed by atoms with Crippen LogP contribution in [-0.4, -0.2) is 9.78 Å². The lowest BCUT2D eigenvalue weighted by molar-refractivity contribution is 0.660. The Morgan fingerprint density at radius 3 is 2.54 bits per heavy atom. The Labute approximate surface area is 77.8 Å². The second kappa shape index (κ2) is 3.44. The summed E-state index contributed by atoms with van der Waals surface area (Å²) in [4.78, 5) is 0. The van der Waals surface area contributed by atoms with Crippen molar-refractivity contribution >= 4 is 0 Å². The number of aryl methyl sites for hydroxylation is 1. The predicted octanol–water partition coefficient (Wildman–Crippen LogP) is 2.57. The highest BCUT2D eigenvalue weighted by molar-refractivity contribution is 5.61. The normalized spacial score (nSPS) is 10.2. The molecule has 0 spiro atoms. The quantitative estimate of drug-likeness (QED) is 0.680. The Balaban J connectivity index is 2.36. The maximum Gasteiger partial charge on any atom is 0.0568 e. The molecule has 2 nitrogen and oxygen atoms in total. The standard InChI is InChI=1S/C11H12N2/c1-2-13-9-11(8-12-13)10-6-4-3-5-7-10/h3-9H,2H2,1H3. The Morgan fingerprint density at radius 2 is 1.92 bits per heavy atom. The minimum Gasteiger partial charge on any atom is -0.272 e. The maximum atomic E-state index is 4.23. The van der Waals surface area contributed by atoms with Crippen molar-refractivity contribution in [2.24, 2.45) is 0 Å². The van der Waals surface area contributed by atoms with Crippen LogP contribution in [0.1, 0.15) is 6.92 Å². The van der Waals surface area contributed by atoms with E-state index in [1.165, 1.54) is 11.1 Å². The van der Waals surface area contributed by atoms with Crippen LogP contribution in [-0.2, 0) is 6.54 Å². The van der Waals surface area contributed by atoms with Gasteiger partial charge in [-0.3, -0.25) is 4.68 Å². The van der Waals surface area contributed by atoms with E-state index in [-0.39, 0.29) is 0 Å². The highest BCUT2D eigenvalue weighted by Crippen LogP contribution is 2.17. The minimum absolute atomic E-state index is 0.923. The molecular weight excluding hydrogens is 160 g/mol. The molecule has 2 rings (SSSR count). The molecule has 0 aliphatic rings. The summed E-state index contributed by atoms with van der Waals surface area (Å²) in [5, 5.41) is 4.23. The fraction of sp³-hybridized carbons (Fsp3) is 0.182. The van der Waals surface area contributed by atoms with E-state index in [9.17, 15) is 0 Å². The van der Waals surface area contributed by atoms with Crippen LogP contribution >= 0.6 is 0 Å². The zero-order valence-electron chi connectivity index (χ0n) is 7.64. The highest BCUT2D eigenvalue weighted by atomic mass is 15.3. The predicted molar refractivity (Wildman–Crippen MR) is 53.3 cm³/mol. The molecule has 66 valence electrons. The third-order valence-corrected chi connectivity index (χ3v) is 2.06. The van der Waals surface area contributed by atoms with Crippen LogP contribution in [0, 0.1) is 0 Å². The molecule has 0 saturated heterocycles. The van der Waals surface area contributed by atoms with Crippen molar-refractivity contribution < 1.29 is 0 Å². The number of aromatic nitrogens is 2. The molecule has 13 heavy (non-hydrogen) atoms. The first kappa shape index (κ1) is 8.05. The van der Waals surface area contributed by atoms with E-state index in [1.54, 1.807) is 0 Å². The first-order valence-corrected chi connectivity index (χ1v) is 4.48. The summed E-state index contributed by atoms with van der Waals surface area (Å²) in [6, 6.07) is 10.3. The van der Waals surface area contributed by atoms with Gasteiger partial charge < -0.3 is 0 Å². The number of benzene rings is 1. The highest BCUT2D eigenvalue weighted by Gasteiger charge is 1.98. The molecule has 0 saturated carbocycles. The van der Waals surface area contributed by atoms with Gasteiger partial charge in [0, 0.05) is 18.3 Å². The van der Waals surface area contributed by atoms with Gasteiger partial charge in [-0.05, 0) is 12.5 Å². The van der Waals surface area contributed by atoms with Crippen LogP contribution < -0.4 is 0 Å². The van der Waals surface area contributed by atoms with Crippen LogP contribution in [0.25, 0.3) is 11.1 Å². The molecule has 0 radical (unpaired) electrons. The second-order valence-electron chi connectivity index (χ2n) is 2.95. The van der Waals surface area contributed by atoms with Gasteiger partial charge in [-0.25, -0.2) is 0 Å². The second-order valence-corrected chi connectivity index (χ2v) is 2.95. The Hall–Kier alpha value is -1.57. The molecule has 0 unspecified atom stereocenters. The molecule has 2 heteroatoms. The summed E-state index contributed by atoms with van der Waals surface area (Å²) in [7, 11) is 0. The smallest absolute Gasteiger partial charge is 0.0568 e. The van der Waals surface area contributed by atoms with Gasteiger partial charge in [-0.2, -0.15) is 5.10 Å². The van der Waals surface area contributed by atoms with E-state index in [0.717, 1.165) is 6.54 Å². The molecule has 0 aliphatic carbocycles. The zero-order valence-corrected chi connectivity index (χ0v) is 7.64. The van der Waals surface area contributed by atoms with Crippen molar-refractivity contribution in [1.29, 1.82) is 0 Å². The number of hydrogen-bond acceptors (Lipinski definition) is 1. The van der Waals surface area contributed by atoms with Gasteiger partial charge in [0.05, 0.1) is 6.20 Å². The summed E-state index contributed by atoms with van der Waals surface area (Å²) in [5.74, 6) is 0. The molecule has 1 heterocycles.